The molecule has 16 heavy (non-hydrogen) atoms. The summed E-state index contributed by atoms with van der Waals surface area (Å²) in [5.74, 6) is -0.328. The van der Waals surface area contributed by atoms with Crippen LogP contribution in [0.15, 0.2) is 24.8 Å². The minimum atomic E-state index is -0.328. The molecule has 6 nitrogen and oxygen atoms in total. The summed E-state index contributed by atoms with van der Waals surface area (Å²) in [5, 5.41) is 6.77. The van der Waals surface area contributed by atoms with Gasteiger partial charge in [-0.3, -0.25) is 19.9 Å². The van der Waals surface area contributed by atoms with Gasteiger partial charge in [-0.15, -0.1) is 0 Å². The van der Waals surface area contributed by atoms with Crippen LogP contribution in [0.2, 0.25) is 0 Å². The topological polar surface area (TPSA) is 97.6 Å². The predicted molar refractivity (Wildman–Crippen MR) is 57.1 cm³/mol. The highest BCUT2D eigenvalue weighted by molar-refractivity contribution is 5.74. The number of nitrogens with two attached hydrogens (primary N) is 1. The van der Waals surface area contributed by atoms with Gasteiger partial charge in [-0.25, -0.2) is 0 Å². The predicted octanol–water partition coefficient (Wildman–Crippen LogP) is 0.285. The van der Waals surface area contributed by atoms with Crippen molar-refractivity contribution >= 4 is 5.91 Å². The lowest BCUT2D eigenvalue weighted by molar-refractivity contribution is -0.117. The smallest absolute Gasteiger partial charge is 0.217 e. The molecular formula is C10H11N5O. The summed E-state index contributed by atoms with van der Waals surface area (Å²) in [4.78, 5) is 18.8. The van der Waals surface area contributed by atoms with E-state index < -0.39 is 0 Å². The maximum Gasteiger partial charge on any atom is 0.217 e. The maximum absolute atomic E-state index is 10.7. The summed E-state index contributed by atoms with van der Waals surface area (Å²) in [6.45, 7) is 0. The molecule has 0 aliphatic rings. The summed E-state index contributed by atoms with van der Waals surface area (Å²) in [7, 11) is 0. The number of hydrogen-bond acceptors (Lipinski definition) is 4. The highest BCUT2D eigenvalue weighted by atomic mass is 16.1. The lowest BCUT2D eigenvalue weighted by Crippen LogP contribution is -2.11. The normalized spacial score (nSPS) is 10.2. The molecule has 0 spiro atoms. The standard InChI is InChI=1S/C10H11N5O/c11-9(16)2-1-7-5-14-15-10(7)8-6-12-3-4-13-8/h3-6H,1-2H2,(H2,11,16)(H,14,15). The molecule has 2 heterocycles. The van der Waals surface area contributed by atoms with Crippen molar-refractivity contribution in [2.45, 2.75) is 12.8 Å². The van der Waals surface area contributed by atoms with E-state index in [4.69, 9.17) is 5.73 Å². The van der Waals surface area contributed by atoms with Crippen molar-refractivity contribution in [3.8, 4) is 11.4 Å². The van der Waals surface area contributed by atoms with Crippen molar-refractivity contribution < 1.29 is 4.79 Å². The van der Waals surface area contributed by atoms with Crippen LogP contribution in [0.25, 0.3) is 11.4 Å². The van der Waals surface area contributed by atoms with Crippen LogP contribution < -0.4 is 5.73 Å². The van der Waals surface area contributed by atoms with Gasteiger partial charge in [0.05, 0.1) is 18.1 Å². The molecule has 0 unspecified atom stereocenters. The number of amides is 1. The Morgan fingerprint density at radius 2 is 2.25 bits per heavy atom. The molecule has 0 atom stereocenters. The van der Waals surface area contributed by atoms with Crippen molar-refractivity contribution in [3.05, 3.63) is 30.4 Å². The van der Waals surface area contributed by atoms with Crippen molar-refractivity contribution in [3.63, 3.8) is 0 Å². The number of aryl methyl sites for hydroxylation is 1. The van der Waals surface area contributed by atoms with Gasteiger partial charge in [-0.05, 0) is 12.0 Å². The quantitative estimate of drug-likeness (QED) is 0.768. The summed E-state index contributed by atoms with van der Waals surface area (Å²) in [6, 6.07) is 0. The molecule has 3 N–H and O–H groups in total. The van der Waals surface area contributed by atoms with E-state index in [1.165, 1.54) is 0 Å². The number of hydrogen-bond donors (Lipinski definition) is 2. The Hall–Kier alpha value is -2.24. The number of nitrogens with zero attached hydrogens (tertiary/aromatic N) is 3. The maximum atomic E-state index is 10.7. The van der Waals surface area contributed by atoms with Gasteiger partial charge in [-0.2, -0.15) is 5.10 Å². The lowest BCUT2D eigenvalue weighted by atomic mass is 10.1. The molecule has 82 valence electrons. The molecule has 0 aromatic carbocycles. The van der Waals surface area contributed by atoms with Gasteiger partial charge in [0.25, 0.3) is 0 Å². The number of carbonyl (C=O) groups is 1. The van der Waals surface area contributed by atoms with Crippen LogP contribution in [-0.2, 0) is 11.2 Å². The minimum absolute atomic E-state index is 0.298. The molecule has 0 fully saturated rings. The lowest BCUT2D eigenvalue weighted by Gasteiger charge is -2.00. The Morgan fingerprint density at radius 3 is 2.94 bits per heavy atom. The molecule has 6 heteroatoms. The van der Waals surface area contributed by atoms with Crippen LogP contribution in [0.4, 0.5) is 0 Å². The summed E-state index contributed by atoms with van der Waals surface area (Å²) >= 11 is 0. The van der Waals surface area contributed by atoms with Crippen LogP contribution in [0.3, 0.4) is 0 Å². The molecular weight excluding hydrogens is 206 g/mol. The zero-order chi connectivity index (χ0) is 11.4. The van der Waals surface area contributed by atoms with Gasteiger partial charge < -0.3 is 5.73 Å². The van der Waals surface area contributed by atoms with E-state index in [1.54, 1.807) is 24.8 Å². The van der Waals surface area contributed by atoms with Crippen LogP contribution in [0, 0.1) is 0 Å². The number of rotatable bonds is 4. The van der Waals surface area contributed by atoms with E-state index in [1.807, 2.05) is 0 Å². The molecule has 0 bridgehead atoms. The first kappa shape index (κ1) is 10.3. The van der Waals surface area contributed by atoms with Gasteiger partial charge in [0.1, 0.15) is 5.69 Å². The Labute approximate surface area is 91.9 Å². The number of nitrogens with one attached hydrogen (secondary N) is 1. The first-order chi connectivity index (χ1) is 7.77. The summed E-state index contributed by atoms with van der Waals surface area (Å²) < 4.78 is 0. The molecule has 2 rings (SSSR count). The van der Waals surface area contributed by atoms with E-state index in [2.05, 4.69) is 20.2 Å². The van der Waals surface area contributed by atoms with Gasteiger partial charge in [-0.1, -0.05) is 0 Å². The molecule has 2 aromatic rings. The highest BCUT2D eigenvalue weighted by Gasteiger charge is 2.09. The van der Waals surface area contributed by atoms with Crippen molar-refractivity contribution in [1.29, 1.82) is 0 Å². The largest absolute Gasteiger partial charge is 0.370 e. The van der Waals surface area contributed by atoms with Crippen molar-refractivity contribution in [1.82, 2.24) is 20.2 Å². The Balaban J connectivity index is 2.23. The number of aromatic nitrogens is 4. The fraction of sp³-hybridized carbons (Fsp3) is 0.200. The fourth-order valence-corrected chi connectivity index (χ4v) is 1.41. The van der Waals surface area contributed by atoms with Crippen LogP contribution >= 0.6 is 0 Å². The fourth-order valence-electron chi connectivity index (χ4n) is 1.41. The van der Waals surface area contributed by atoms with E-state index in [0.29, 0.717) is 18.5 Å². The molecule has 0 saturated carbocycles. The van der Waals surface area contributed by atoms with E-state index in [-0.39, 0.29) is 5.91 Å². The zero-order valence-electron chi connectivity index (χ0n) is 8.55. The SMILES string of the molecule is NC(=O)CCc1cn[nH]c1-c1cnccn1. The number of carbonyl (C=O) groups excluding carboxylic acids is 1. The van der Waals surface area contributed by atoms with Crippen molar-refractivity contribution in [2.24, 2.45) is 5.73 Å². The average molecular weight is 217 g/mol. The summed E-state index contributed by atoms with van der Waals surface area (Å²) in [6.07, 6.45) is 7.37. The summed E-state index contributed by atoms with van der Waals surface area (Å²) in [5.41, 5.74) is 7.51. The molecule has 1 amide bonds. The average Bonchev–Trinajstić information content (AvgIpc) is 2.75. The van der Waals surface area contributed by atoms with Crippen LogP contribution in [0.5, 0.6) is 0 Å². The third-order valence-corrected chi connectivity index (χ3v) is 2.18. The van der Waals surface area contributed by atoms with Gasteiger partial charge in [0.15, 0.2) is 0 Å². The van der Waals surface area contributed by atoms with Gasteiger partial charge in [0, 0.05) is 18.8 Å². The first-order valence-electron chi connectivity index (χ1n) is 4.84. The monoisotopic (exact) mass is 217 g/mol. The zero-order valence-corrected chi connectivity index (χ0v) is 8.55. The highest BCUT2D eigenvalue weighted by Crippen LogP contribution is 2.18. The molecule has 0 aliphatic heterocycles. The van der Waals surface area contributed by atoms with E-state index in [0.717, 1.165) is 11.3 Å². The van der Waals surface area contributed by atoms with E-state index >= 15 is 0 Å². The van der Waals surface area contributed by atoms with Crippen LogP contribution in [-0.4, -0.2) is 26.1 Å². The van der Waals surface area contributed by atoms with Gasteiger partial charge >= 0.3 is 0 Å². The van der Waals surface area contributed by atoms with E-state index in [9.17, 15) is 4.79 Å². The molecule has 0 radical (unpaired) electrons. The number of primary amides is 1. The number of aromatic amines is 1. The third-order valence-electron chi connectivity index (χ3n) is 2.18. The Morgan fingerprint density at radius 1 is 1.38 bits per heavy atom. The van der Waals surface area contributed by atoms with Crippen molar-refractivity contribution in [2.75, 3.05) is 0 Å². The van der Waals surface area contributed by atoms with Gasteiger partial charge in [0.2, 0.25) is 5.91 Å². The number of H-pyrrole nitrogens is 1. The molecule has 0 saturated heterocycles. The second kappa shape index (κ2) is 4.52. The Kier molecular flexibility index (Phi) is 2.90. The van der Waals surface area contributed by atoms with Crippen LogP contribution in [0.1, 0.15) is 12.0 Å². The Bertz CT molecular complexity index is 479. The second-order valence-corrected chi connectivity index (χ2v) is 3.33. The minimum Gasteiger partial charge on any atom is -0.370 e. The molecule has 0 aliphatic carbocycles. The third kappa shape index (κ3) is 2.22. The first-order valence-corrected chi connectivity index (χ1v) is 4.84. The second-order valence-electron chi connectivity index (χ2n) is 3.33. The molecule has 2 aromatic heterocycles.